The average Bonchev–Trinajstić information content (AvgIpc) is 3.15. The number of nitrogens with one attached hydrogen (secondary N) is 1. The van der Waals surface area contributed by atoms with Crippen molar-refractivity contribution in [2.24, 2.45) is 0 Å². The first-order chi connectivity index (χ1) is 15.0. The van der Waals surface area contributed by atoms with Gasteiger partial charge in [0.25, 0.3) is 5.91 Å². The molecule has 168 valence electrons. The summed E-state index contributed by atoms with van der Waals surface area (Å²) in [7, 11) is 0. The van der Waals surface area contributed by atoms with E-state index in [0.717, 1.165) is 0 Å². The highest BCUT2D eigenvalue weighted by molar-refractivity contribution is 6.08. The molecule has 1 heterocycles. The third kappa shape index (κ3) is 4.96. The quantitative estimate of drug-likeness (QED) is 0.552. The fraction of sp³-hybridized carbons (Fsp3) is 0.292. The van der Waals surface area contributed by atoms with Crippen LogP contribution in [-0.4, -0.2) is 32.9 Å². The van der Waals surface area contributed by atoms with Gasteiger partial charge in [0.05, 0.1) is 29.1 Å². The number of carbonyl (C=O) groups excluding carboxylic acids is 1. The molecule has 2 aromatic carbocycles. The minimum absolute atomic E-state index is 0.0550. The SMILES string of the molecule is CC(C)Oc1ccc(NC(=O)c2cnn(C(C)(C)C)c2-c2ccc(F)cc2)cc1C(=O)O. The number of hydrogen-bond acceptors (Lipinski definition) is 4. The van der Waals surface area contributed by atoms with Gasteiger partial charge in [-0.2, -0.15) is 5.10 Å². The molecular weight excluding hydrogens is 413 g/mol. The Balaban J connectivity index is 2.00. The fourth-order valence-electron chi connectivity index (χ4n) is 3.24. The van der Waals surface area contributed by atoms with E-state index in [1.165, 1.54) is 30.5 Å². The Morgan fingerprint density at radius 1 is 1.09 bits per heavy atom. The summed E-state index contributed by atoms with van der Waals surface area (Å²) in [5.74, 6) is -1.79. The van der Waals surface area contributed by atoms with E-state index in [-0.39, 0.29) is 28.8 Å². The van der Waals surface area contributed by atoms with Crippen LogP contribution in [0.3, 0.4) is 0 Å². The number of aromatic carboxylic acids is 1. The second-order valence-corrected chi connectivity index (χ2v) is 8.63. The van der Waals surface area contributed by atoms with Gasteiger partial charge >= 0.3 is 5.97 Å². The van der Waals surface area contributed by atoms with E-state index >= 15 is 0 Å². The number of anilines is 1. The first-order valence-electron chi connectivity index (χ1n) is 10.2. The smallest absolute Gasteiger partial charge is 0.339 e. The topological polar surface area (TPSA) is 93.5 Å². The molecule has 0 unspecified atom stereocenters. The van der Waals surface area contributed by atoms with Crippen molar-refractivity contribution < 1.29 is 23.8 Å². The van der Waals surface area contributed by atoms with Crippen molar-refractivity contribution in [3.05, 3.63) is 65.6 Å². The number of carboxylic acid groups (broad SMARTS) is 1. The van der Waals surface area contributed by atoms with E-state index in [0.29, 0.717) is 16.9 Å². The molecule has 0 bridgehead atoms. The Bertz CT molecular complexity index is 1150. The highest BCUT2D eigenvalue weighted by Gasteiger charge is 2.26. The minimum Gasteiger partial charge on any atom is -0.490 e. The van der Waals surface area contributed by atoms with Crippen molar-refractivity contribution in [2.75, 3.05) is 5.32 Å². The molecule has 32 heavy (non-hydrogen) atoms. The van der Waals surface area contributed by atoms with E-state index in [1.807, 2.05) is 20.8 Å². The Hall–Kier alpha value is -3.68. The zero-order valence-electron chi connectivity index (χ0n) is 18.6. The van der Waals surface area contributed by atoms with Gasteiger partial charge in [-0.25, -0.2) is 9.18 Å². The van der Waals surface area contributed by atoms with Crippen molar-refractivity contribution in [3.63, 3.8) is 0 Å². The van der Waals surface area contributed by atoms with E-state index in [9.17, 15) is 19.1 Å². The molecule has 2 N–H and O–H groups in total. The lowest BCUT2D eigenvalue weighted by Gasteiger charge is -2.23. The average molecular weight is 439 g/mol. The molecule has 7 nitrogen and oxygen atoms in total. The zero-order valence-corrected chi connectivity index (χ0v) is 18.6. The van der Waals surface area contributed by atoms with Gasteiger partial charge < -0.3 is 15.2 Å². The fourth-order valence-corrected chi connectivity index (χ4v) is 3.24. The summed E-state index contributed by atoms with van der Waals surface area (Å²) in [6.07, 6.45) is 1.25. The number of aromatic nitrogens is 2. The Morgan fingerprint density at radius 3 is 2.31 bits per heavy atom. The largest absolute Gasteiger partial charge is 0.490 e. The van der Waals surface area contributed by atoms with Gasteiger partial charge in [0, 0.05) is 11.3 Å². The molecule has 1 aromatic heterocycles. The van der Waals surface area contributed by atoms with Crippen LogP contribution in [0.15, 0.2) is 48.7 Å². The highest BCUT2D eigenvalue weighted by Crippen LogP contribution is 2.30. The van der Waals surface area contributed by atoms with Crippen LogP contribution >= 0.6 is 0 Å². The van der Waals surface area contributed by atoms with Crippen molar-refractivity contribution in [1.29, 1.82) is 0 Å². The van der Waals surface area contributed by atoms with Gasteiger partial charge in [-0.15, -0.1) is 0 Å². The molecule has 0 aliphatic rings. The normalized spacial score (nSPS) is 11.5. The summed E-state index contributed by atoms with van der Waals surface area (Å²) in [6, 6.07) is 10.3. The predicted molar refractivity (Wildman–Crippen MR) is 120 cm³/mol. The molecule has 0 saturated heterocycles. The van der Waals surface area contributed by atoms with Crippen LogP contribution in [0.4, 0.5) is 10.1 Å². The van der Waals surface area contributed by atoms with E-state index in [4.69, 9.17) is 4.74 Å². The number of benzene rings is 2. The van der Waals surface area contributed by atoms with Gasteiger partial charge in [-0.3, -0.25) is 9.48 Å². The van der Waals surface area contributed by atoms with E-state index < -0.39 is 17.4 Å². The van der Waals surface area contributed by atoms with E-state index in [1.54, 1.807) is 36.7 Å². The minimum atomic E-state index is -1.16. The van der Waals surface area contributed by atoms with E-state index in [2.05, 4.69) is 10.4 Å². The molecule has 8 heteroatoms. The molecule has 0 radical (unpaired) electrons. The van der Waals surface area contributed by atoms with Crippen molar-refractivity contribution in [1.82, 2.24) is 9.78 Å². The number of nitrogens with zero attached hydrogens (tertiary/aromatic N) is 2. The molecule has 3 aromatic rings. The molecule has 0 aliphatic carbocycles. The van der Waals surface area contributed by atoms with Crippen LogP contribution in [0.25, 0.3) is 11.3 Å². The number of halogens is 1. The monoisotopic (exact) mass is 439 g/mol. The maximum Gasteiger partial charge on any atom is 0.339 e. The van der Waals surface area contributed by atoms with Crippen molar-refractivity contribution >= 4 is 17.6 Å². The van der Waals surface area contributed by atoms with Gasteiger partial charge in [-0.1, -0.05) is 0 Å². The lowest BCUT2D eigenvalue weighted by molar-refractivity contribution is 0.0690. The second-order valence-electron chi connectivity index (χ2n) is 8.63. The molecule has 0 atom stereocenters. The molecule has 3 rings (SSSR count). The highest BCUT2D eigenvalue weighted by atomic mass is 19.1. The summed E-state index contributed by atoms with van der Waals surface area (Å²) in [6.45, 7) is 9.43. The summed E-state index contributed by atoms with van der Waals surface area (Å²) >= 11 is 0. The molecule has 0 saturated carbocycles. The third-order valence-corrected chi connectivity index (χ3v) is 4.60. The first-order valence-corrected chi connectivity index (χ1v) is 10.2. The lowest BCUT2D eigenvalue weighted by Crippen LogP contribution is -2.24. The van der Waals surface area contributed by atoms with Gasteiger partial charge in [0.15, 0.2) is 0 Å². The van der Waals surface area contributed by atoms with Crippen LogP contribution < -0.4 is 10.1 Å². The van der Waals surface area contributed by atoms with Crippen LogP contribution in [0.2, 0.25) is 0 Å². The van der Waals surface area contributed by atoms with Gasteiger partial charge in [0.2, 0.25) is 0 Å². The maximum atomic E-state index is 13.5. The van der Waals surface area contributed by atoms with Crippen molar-refractivity contribution in [2.45, 2.75) is 46.3 Å². The van der Waals surface area contributed by atoms with Gasteiger partial charge in [-0.05, 0) is 77.1 Å². The van der Waals surface area contributed by atoms with Crippen LogP contribution in [0, 0.1) is 5.82 Å². The number of carboxylic acids is 1. The first kappa shape index (κ1) is 23.0. The third-order valence-electron chi connectivity index (χ3n) is 4.60. The molecule has 0 fully saturated rings. The number of ether oxygens (including phenoxy) is 1. The number of carbonyl (C=O) groups is 2. The van der Waals surface area contributed by atoms with Gasteiger partial charge in [0.1, 0.15) is 17.1 Å². The second kappa shape index (κ2) is 8.82. The summed E-state index contributed by atoms with van der Waals surface area (Å²) in [5, 5.41) is 16.7. The summed E-state index contributed by atoms with van der Waals surface area (Å²) in [4.78, 5) is 24.8. The lowest BCUT2D eigenvalue weighted by atomic mass is 10.0. The van der Waals surface area contributed by atoms with Crippen LogP contribution in [0.1, 0.15) is 55.3 Å². The molecule has 1 amide bonds. The zero-order chi connectivity index (χ0) is 23.6. The Labute approximate surface area is 185 Å². The number of hydrogen-bond donors (Lipinski definition) is 2. The number of amides is 1. The predicted octanol–water partition coefficient (Wildman–Crippen LogP) is 5.18. The standard InChI is InChI=1S/C24H26FN3O4/c1-14(2)32-20-11-10-17(12-18(20)23(30)31)27-22(29)19-13-26-28(24(3,4)5)21(19)15-6-8-16(25)9-7-15/h6-14H,1-5H3,(H,27,29)(H,30,31). The molecular formula is C24H26FN3O4. The summed E-state index contributed by atoms with van der Waals surface area (Å²) in [5.41, 5.74) is 1.27. The maximum absolute atomic E-state index is 13.5. The number of rotatable bonds is 6. The molecule has 0 spiro atoms. The Morgan fingerprint density at radius 2 is 1.75 bits per heavy atom. The van der Waals surface area contributed by atoms with Crippen LogP contribution in [0.5, 0.6) is 5.75 Å². The summed E-state index contributed by atoms with van der Waals surface area (Å²) < 4.78 is 20.7. The Kier molecular flexibility index (Phi) is 6.34. The van der Waals surface area contributed by atoms with Crippen molar-refractivity contribution in [3.8, 4) is 17.0 Å². The molecule has 0 aliphatic heterocycles. The van der Waals surface area contributed by atoms with Crippen LogP contribution in [-0.2, 0) is 5.54 Å².